The molecular formula is C23H24F3N3O3. The predicted molar refractivity (Wildman–Crippen MR) is 112 cm³/mol. The van der Waals surface area contributed by atoms with Crippen LogP contribution in [0.15, 0.2) is 30.5 Å². The summed E-state index contributed by atoms with van der Waals surface area (Å²) in [6.45, 7) is 3.56. The number of likely N-dealkylation sites (tertiary alicyclic amines) is 1. The van der Waals surface area contributed by atoms with Gasteiger partial charge in [-0.25, -0.2) is 13.2 Å². The standard InChI is InChI=1S/C23H24F3N3O3/c1-3-32-20(30)12-29-18-8-14(15-9-28(10-15)11-19(25)26)7-17(24)21(18)16-5-4-6-27-22(16)13(2)23(29)31/h4-8,13,15,19H,3,9-12H2,1-2H3. The highest BCUT2D eigenvalue weighted by Crippen LogP contribution is 2.43. The van der Waals surface area contributed by atoms with Gasteiger partial charge in [0.25, 0.3) is 6.43 Å². The zero-order valence-corrected chi connectivity index (χ0v) is 17.9. The van der Waals surface area contributed by atoms with E-state index >= 15 is 4.39 Å². The molecule has 3 heterocycles. The number of ether oxygens (including phenoxy) is 1. The van der Waals surface area contributed by atoms with E-state index in [1.165, 1.54) is 11.0 Å². The van der Waals surface area contributed by atoms with Crippen molar-refractivity contribution < 1.29 is 27.5 Å². The number of amides is 1. The minimum atomic E-state index is -2.43. The molecule has 1 unspecified atom stereocenters. The van der Waals surface area contributed by atoms with Gasteiger partial charge in [0, 0.05) is 36.3 Å². The second kappa shape index (κ2) is 8.90. The summed E-state index contributed by atoms with van der Waals surface area (Å²) in [6, 6.07) is 6.45. The molecule has 2 aromatic rings. The summed E-state index contributed by atoms with van der Waals surface area (Å²) >= 11 is 0. The molecule has 1 saturated heterocycles. The van der Waals surface area contributed by atoms with E-state index in [4.69, 9.17) is 4.74 Å². The smallest absolute Gasteiger partial charge is 0.326 e. The molecule has 1 aromatic heterocycles. The Balaban J connectivity index is 1.78. The lowest BCUT2D eigenvalue weighted by atomic mass is 9.88. The number of carbonyl (C=O) groups excluding carboxylic acids is 2. The van der Waals surface area contributed by atoms with Crippen molar-refractivity contribution >= 4 is 17.6 Å². The van der Waals surface area contributed by atoms with E-state index in [2.05, 4.69) is 4.98 Å². The monoisotopic (exact) mass is 447 g/mol. The first kappa shape index (κ1) is 22.3. The zero-order valence-electron chi connectivity index (χ0n) is 17.9. The van der Waals surface area contributed by atoms with Crippen molar-refractivity contribution in [1.82, 2.24) is 9.88 Å². The van der Waals surface area contributed by atoms with Crippen molar-refractivity contribution in [2.24, 2.45) is 0 Å². The van der Waals surface area contributed by atoms with Crippen LogP contribution in [0.3, 0.4) is 0 Å². The fourth-order valence-corrected chi connectivity index (χ4v) is 4.39. The van der Waals surface area contributed by atoms with Crippen molar-refractivity contribution in [3.05, 3.63) is 47.5 Å². The molecule has 1 aromatic carbocycles. The molecule has 0 N–H and O–H groups in total. The van der Waals surface area contributed by atoms with Crippen LogP contribution in [0, 0.1) is 5.82 Å². The number of nitrogens with zero attached hydrogens (tertiary/aromatic N) is 3. The number of alkyl halides is 2. The molecule has 6 nitrogen and oxygen atoms in total. The number of pyridine rings is 1. The maximum Gasteiger partial charge on any atom is 0.326 e. The van der Waals surface area contributed by atoms with Crippen LogP contribution in [0.2, 0.25) is 0 Å². The number of aromatic nitrogens is 1. The lowest BCUT2D eigenvalue weighted by molar-refractivity contribution is -0.142. The first-order valence-electron chi connectivity index (χ1n) is 10.6. The topological polar surface area (TPSA) is 62.7 Å². The van der Waals surface area contributed by atoms with E-state index in [-0.39, 0.29) is 42.8 Å². The molecule has 4 rings (SSSR count). The van der Waals surface area contributed by atoms with Gasteiger partial charge in [-0.2, -0.15) is 0 Å². The fourth-order valence-electron chi connectivity index (χ4n) is 4.39. The molecule has 2 aliphatic heterocycles. The average Bonchev–Trinajstić information content (AvgIpc) is 2.80. The summed E-state index contributed by atoms with van der Waals surface area (Å²) in [6.07, 6.45) is -0.885. The minimum absolute atomic E-state index is 0.137. The molecule has 0 bridgehead atoms. The maximum atomic E-state index is 15.5. The highest BCUT2D eigenvalue weighted by molar-refractivity contribution is 6.07. The van der Waals surface area contributed by atoms with E-state index in [0.29, 0.717) is 29.9 Å². The van der Waals surface area contributed by atoms with Gasteiger partial charge in [-0.15, -0.1) is 0 Å². The van der Waals surface area contributed by atoms with Gasteiger partial charge in [-0.1, -0.05) is 6.07 Å². The summed E-state index contributed by atoms with van der Waals surface area (Å²) in [5.41, 5.74) is 2.00. The number of hydrogen-bond acceptors (Lipinski definition) is 5. The van der Waals surface area contributed by atoms with E-state index in [9.17, 15) is 18.4 Å². The fraction of sp³-hybridized carbons (Fsp3) is 0.435. The molecule has 32 heavy (non-hydrogen) atoms. The molecule has 9 heteroatoms. The molecule has 2 aliphatic rings. The molecule has 1 fully saturated rings. The Hall–Kier alpha value is -2.94. The number of rotatable bonds is 6. The number of fused-ring (bicyclic) bond motifs is 3. The van der Waals surface area contributed by atoms with Crippen molar-refractivity contribution in [3.63, 3.8) is 0 Å². The van der Waals surface area contributed by atoms with Gasteiger partial charge in [-0.05, 0) is 37.6 Å². The Bertz CT molecular complexity index is 1040. The third-order valence-corrected chi connectivity index (χ3v) is 5.95. The van der Waals surface area contributed by atoms with Gasteiger partial charge < -0.3 is 4.74 Å². The Morgan fingerprint density at radius 2 is 2.06 bits per heavy atom. The quantitative estimate of drug-likeness (QED) is 0.634. The Kier molecular flexibility index (Phi) is 6.19. The van der Waals surface area contributed by atoms with Gasteiger partial charge in [0.2, 0.25) is 5.91 Å². The van der Waals surface area contributed by atoms with E-state index in [0.717, 1.165) is 0 Å². The van der Waals surface area contributed by atoms with Crippen LogP contribution in [0.5, 0.6) is 0 Å². The molecule has 0 spiro atoms. The van der Waals surface area contributed by atoms with Crippen LogP contribution < -0.4 is 4.90 Å². The van der Waals surface area contributed by atoms with E-state index < -0.39 is 24.1 Å². The van der Waals surface area contributed by atoms with E-state index in [1.54, 1.807) is 43.1 Å². The van der Waals surface area contributed by atoms with Crippen LogP contribution in [0.4, 0.5) is 18.9 Å². The van der Waals surface area contributed by atoms with Crippen LogP contribution in [0.25, 0.3) is 11.1 Å². The molecule has 0 saturated carbocycles. The summed E-state index contributed by atoms with van der Waals surface area (Å²) in [5, 5.41) is 0. The van der Waals surface area contributed by atoms with Crippen molar-refractivity contribution in [2.75, 3.05) is 37.7 Å². The summed E-state index contributed by atoms with van der Waals surface area (Å²) in [5.74, 6) is -2.37. The highest BCUT2D eigenvalue weighted by atomic mass is 19.3. The molecule has 170 valence electrons. The van der Waals surface area contributed by atoms with Gasteiger partial charge in [0.1, 0.15) is 12.4 Å². The number of esters is 1. The largest absolute Gasteiger partial charge is 0.465 e. The van der Waals surface area contributed by atoms with Gasteiger partial charge in [-0.3, -0.25) is 24.4 Å². The van der Waals surface area contributed by atoms with Crippen LogP contribution in [-0.2, 0) is 14.3 Å². The maximum absolute atomic E-state index is 15.5. The normalized spacial score (nSPS) is 18.8. The van der Waals surface area contributed by atoms with Gasteiger partial charge in [0.15, 0.2) is 0 Å². The summed E-state index contributed by atoms with van der Waals surface area (Å²) in [7, 11) is 0. The molecule has 1 amide bonds. The molecule has 0 radical (unpaired) electrons. The number of carbonyl (C=O) groups is 2. The SMILES string of the molecule is CCOC(=O)CN1C(=O)C(C)c2ncccc2-c2c(F)cc(C3CN(CC(F)F)C3)cc21. The second-order valence-electron chi connectivity index (χ2n) is 8.09. The first-order valence-corrected chi connectivity index (χ1v) is 10.6. The first-order chi connectivity index (χ1) is 15.3. The highest BCUT2D eigenvalue weighted by Gasteiger charge is 2.37. The molecular weight excluding hydrogens is 423 g/mol. The molecule has 0 aliphatic carbocycles. The van der Waals surface area contributed by atoms with E-state index in [1.807, 2.05) is 0 Å². The van der Waals surface area contributed by atoms with Crippen molar-refractivity contribution in [2.45, 2.75) is 32.1 Å². The second-order valence-corrected chi connectivity index (χ2v) is 8.09. The Morgan fingerprint density at radius 3 is 2.75 bits per heavy atom. The number of anilines is 1. The number of benzene rings is 1. The van der Waals surface area contributed by atoms with Crippen molar-refractivity contribution in [3.8, 4) is 11.1 Å². The van der Waals surface area contributed by atoms with Crippen molar-refractivity contribution in [1.29, 1.82) is 0 Å². The third kappa shape index (κ3) is 4.09. The Labute approximate surface area is 184 Å². The average molecular weight is 447 g/mol. The van der Waals surface area contributed by atoms with Crippen LogP contribution >= 0.6 is 0 Å². The van der Waals surface area contributed by atoms with Gasteiger partial charge >= 0.3 is 5.97 Å². The number of hydrogen-bond donors (Lipinski definition) is 0. The lowest BCUT2D eigenvalue weighted by Gasteiger charge is -2.39. The molecule has 1 atom stereocenters. The lowest BCUT2D eigenvalue weighted by Crippen LogP contribution is -2.47. The van der Waals surface area contributed by atoms with Crippen LogP contribution in [0.1, 0.15) is 36.9 Å². The van der Waals surface area contributed by atoms with Gasteiger partial charge in [0.05, 0.1) is 30.5 Å². The summed E-state index contributed by atoms with van der Waals surface area (Å²) in [4.78, 5) is 32.8. The predicted octanol–water partition coefficient (Wildman–Crippen LogP) is 3.57. The zero-order chi connectivity index (χ0) is 23.0. The minimum Gasteiger partial charge on any atom is -0.465 e. The summed E-state index contributed by atoms with van der Waals surface area (Å²) < 4.78 is 45.8. The Morgan fingerprint density at radius 1 is 1.31 bits per heavy atom. The number of halogens is 3. The van der Waals surface area contributed by atoms with Crippen LogP contribution in [-0.4, -0.2) is 61.0 Å². The third-order valence-electron chi connectivity index (χ3n) is 5.95.